The van der Waals surface area contributed by atoms with Gasteiger partial charge in [-0.3, -0.25) is 9.59 Å². The zero-order valence-electron chi connectivity index (χ0n) is 13.7. The van der Waals surface area contributed by atoms with E-state index < -0.39 is 0 Å². The molecule has 0 saturated heterocycles. The number of hydrogen-bond donors (Lipinski definition) is 1. The molecule has 1 N–H and O–H groups in total. The zero-order valence-corrected chi connectivity index (χ0v) is 14.5. The van der Waals surface area contributed by atoms with Gasteiger partial charge in [0.15, 0.2) is 10.9 Å². The normalized spacial score (nSPS) is 10.4. The van der Waals surface area contributed by atoms with E-state index in [2.05, 4.69) is 9.97 Å². The number of ketones is 1. The molecule has 1 amide bonds. The number of benzene rings is 2. The third kappa shape index (κ3) is 3.97. The fraction of sp³-hybridized carbons (Fsp3) is 0.105. The maximum absolute atomic E-state index is 12.8. The van der Waals surface area contributed by atoms with Gasteiger partial charge in [0, 0.05) is 30.6 Å². The summed E-state index contributed by atoms with van der Waals surface area (Å²) in [4.78, 5) is 33.8. The number of hydrogen-bond acceptors (Lipinski definition) is 4. The summed E-state index contributed by atoms with van der Waals surface area (Å²) in [6.45, 7) is 0. The van der Waals surface area contributed by atoms with Gasteiger partial charge in [0.05, 0.1) is 11.4 Å². The second kappa shape index (κ2) is 7.81. The molecule has 0 fully saturated rings. The molecule has 6 heteroatoms. The summed E-state index contributed by atoms with van der Waals surface area (Å²) >= 11 is 1.33. The Morgan fingerprint density at radius 2 is 1.80 bits per heavy atom. The zero-order chi connectivity index (χ0) is 17.6. The number of carbonyl (C=O) groups excluding carboxylic acids is 2. The molecule has 5 nitrogen and oxygen atoms in total. The van der Waals surface area contributed by atoms with E-state index in [9.17, 15) is 9.59 Å². The number of rotatable bonds is 6. The van der Waals surface area contributed by atoms with Crippen LogP contribution in [0.4, 0.5) is 5.69 Å². The van der Waals surface area contributed by atoms with E-state index in [0.29, 0.717) is 22.0 Å². The summed E-state index contributed by atoms with van der Waals surface area (Å²) < 4.78 is 0. The van der Waals surface area contributed by atoms with Gasteiger partial charge in [-0.2, -0.15) is 0 Å². The van der Waals surface area contributed by atoms with Crippen molar-refractivity contribution in [3.05, 3.63) is 78.1 Å². The number of imidazole rings is 1. The highest BCUT2D eigenvalue weighted by atomic mass is 32.2. The van der Waals surface area contributed by atoms with Gasteiger partial charge in [0.25, 0.3) is 0 Å². The summed E-state index contributed by atoms with van der Waals surface area (Å²) in [5.41, 5.74) is 1.70. The van der Waals surface area contributed by atoms with Crippen molar-refractivity contribution in [2.45, 2.75) is 5.16 Å². The number of carbonyl (C=O) groups is 2. The Labute approximate surface area is 150 Å². The van der Waals surface area contributed by atoms with E-state index in [0.717, 1.165) is 0 Å². The number of amides is 1. The first-order chi connectivity index (χ1) is 12.2. The molecule has 0 unspecified atom stereocenters. The second-order valence-electron chi connectivity index (χ2n) is 5.35. The molecule has 1 aromatic heterocycles. The lowest BCUT2D eigenvalue weighted by atomic mass is 10.0. The molecule has 0 aliphatic rings. The highest BCUT2D eigenvalue weighted by molar-refractivity contribution is 7.99. The predicted molar refractivity (Wildman–Crippen MR) is 99.0 cm³/mol. The molecule has 25 heavy (non-hydrogen) atoms. The molecular weight excluding hydrogens is 334 g/mol. The first-order valence-corrected chi connectivity index (χ1v) is 8.73. The van der Waals surface area contributed by atoms with E-state index in [-0.39, 0.29) is 17.4 Å². The van der Waals surface area contributed by atoms with Crippen LogP contribution in [0.2, 0.25) is 0 Å². The summed E-state index contributed by atoms with van der Waals surface area (Å²) in [7, 11) is 1.68. The van der Waals surface area contributed by atoms with Crippen LogP contribution in [-0.4, -0.2) is 34.5 Å². The molecule has 3 aromatic rings. The molecule has 0 aliphatic carbocycles. The third-order valence-electron chi connectivity index (χ3n) is 3.73. The van der Waals surface area contributed by atoms with E-state index >= 15 is 0 Å². The standard InChI is InChI=1S/C19H17N3O2S/c1-22(17(23)13-25-19-20-11-12-21-19)16-10-6-5-9-15(16)18(24)14-7-3-2-4-8-14/h2-12H,13H2,1H3,(H,20,21). The molecule has 0 atom stereocenters. The molecule has 126 valence electrons. The largest absolute Gasteiger partial charge is 0.340 e. The van der Waals surface area contributed by atoms with Gasteiger partial charge in [0.2, 0.25) is 5.91 Å². The van der Waals surface area contributed by atoms with Gasteiger partial charge >= 0.3 is 0 Å². The Kier molecular flexibility index (Phi) is 5.30. The van der Waals surface area contributed by atoms with Crippen molar-refractivity contribution in [2.75, 3.05) is 17.7 Å². The molecule has 2 aromatic carbocycles. The number of anilines is 1. The smallest absolute Gasteiger partial charge is 0.237 e. The third-order valence-corrected chi connectivity index (χ3v) is 4.61. The number of thioether (sulfide) groups is 1. The van der Waals surface area contributed by atoms with Crippen LogP contribution in [0.5, 0.6) is 0 Å². The summed E-state index contributed by atoms with van der Waals surface area (Å²) in [5, 5.41) is 0.690. The highest BCUT2D eigenvalue weighted by Crippen LogP contribution is 2.24. The number of para-hydroxylation sites is 1. The van der Waals surface area contributed by atoms with Crippen LogP contribution < -0.4 is 4.90 Å². The lowest BCUT2D eigenvalue weighted by Gasteiger charge is -2.20. The van der Waals surface area contributed by atoms with Gasteiger partial charge in [-0.05, 0) is 12.1 Å². The van der Waals surface area contributed by atoms with E-state index in [4.69, 9.17) is 0 Å². The molecule has 1 heterocycles. The maximum atomic E-state index is 12.8. The van der Waals surface area contributed by atoms with Gasteiger partial charge in [-0.15, -0.1) is 0 Å². The Hall–Kier alpha value is -2.86. The van der Waals surface area contributed by atoms with Gasteiger partial charge in [-0.25, -0.2) is 4.98 Å². The van der Waals surface area contributed by atoms with Crippen molar-refractivity contribution in [1.29, 1.82) is 0 Å². The average molecular weight is 351 g/mol. The second-order valence-corrected chi connectivity index (χ2v) is 6.31. The lowest BCUT2D eigenvalue weighted by Crippen LogP contribution is -2.29. The SMILES string of the molecule is CN(C(=O)CSc1ncc[nH]1)c1ccccc1C(=O)c1ccccc1. The number of nitrogens with one attached hydrogen (secondary N) is 1. The minimum atomic E-state index is -0.102. The summed E-state index contributed by atoms with van der Waals surface area (Å²) in [5.74, 6) is 0.0296. The van der Waals surface area contributed by atoms with Crippen LogP contribution in [-0.2, 0) is 4.79 Å². The van der Waals surface area contributed by atoms with Crippen molar-refractivity contribution in [3.8, 4) is 0 Å². The first-order valence-electron chi connectivity index (χ1n) is 7.74. The molecule has 0 aliphatic heterocycles. The fourth-order valence-electron chi connectivity index (χ4n) is 2.39. The van der Waals surface area contributed by atoms with Crippen molar-refractivity contribution < 1.29 is 9.59 Å². The van der Waals surface area contributed by atoms with Crippen LogP contribution in [0.25, 0.3) is 0 Å². The molecule has 0 bridgehead atoms. The monoisotopic (exact) mass is 351 g/mol. The quantitative estimate of drug-likeness (QED) is 0.546. The number of aromatic amines is 1. The van der Waals surface area contributed by atoms with Crippen molar-refractivity contribution in [2.24, 2.45) is 0 Å². The molecule has 0 spiro atoms. The minimum Gasteiger partial charge on any atom is -0.340 e. The number of nitrogens with zero attached hydrogens (tertiary/aromatic N) is 2. The molecular formula is C19H17N3O2S. The topological polar surface area (TPSA) is 66.1 Å². The molecule has 3 rings (SSSR count). The van der Waals surface area contributed by atoms with Crippen LogP contribution in [0, 0.1) is 0 Å². The van der Waals surface area contributed by atoms with Crippen LogP contribution in [0.3, 0.4) is 0 Å². The fourth-order valence-corrected chi connectivity index (χ4v) is 3.13. The maximum Gasteiger partial charge on any atom is 0.237 e. The van der Waals surface area contributed by atoms with Crippen LogP contribution in [0.15, 0.2) is 72.1 Å². The summed E-state index contributed by atoms with van der Waals surface area (Å²) in [6, 6.07) is 16.2. The highest BCUT2D eigenvalue weighted by Gasteiger charge is 2.19. The Balaban J connectivity index is 1.80. The van der Waals surface area contributed by atoms with Crippen molar-refractivity contribution in [3.63, 3.8) is 0 Å². The summed E-state index contributed by atoms with van der Waals surface area (Å²) in [6.07, 6.45) is 3.36. The molecule has 0 saturated carbocycles. The van der Waals surface area contributed by atoms with E-state index in [1.807, 2.05) is 24.3 Å². The predicted octanol–water partition coefficient (Wildman–Crippen LogP) is 3.40. The Morgan fingerprint density at radius 1 is 1.08 bits per heavy atom. The van der Waals surface area contributed by atoms with E-state index in [1.54, 1.807) is 49.8 Å². The van der Waals surface area contributed by atoms with Gasteiger partial charge in [-0.1, -0.05) is 54.2 Å². The van der Waals surface area contributed by atoms with Gasteiger partial charge < -0.3 is 9.88 Å². The number of H-pyrrole nitrogens is 1. The molecule has 0 radical (unpaired) electrons. The van der Waals surface area contributed by atoms with Gasteiger partial charge in [0.1, 0.15) is 0 Å². The van der Waals surface area contributed by atoms with Crippen LogP contribution in [0.1, 0.15) is 15.9 Å². The van der Waals surface area contributed by atoms with Crippen molar-refractivity contribution in [1.82, 2.24) is 9.97 Å². The lowest BCUT2D eigenvalue weighted by molar-refractivity contribution is -0.115. The van der Waals surface area contributed by atoms with Crippen LogP contribution >= 0.6 is 11.8 Å². The first kappa shape index (κ1) is 17.0. The van der Waals surface area contributed by atoms with E-state index in [1.165, 1.54) is 16.7 Å². The average Bonchev–Trinajstić information content (AvgIpc) is 3.19. The number of aromatic nitrogens is 2. The Bertz CT molecular complexity index is 863. The minimum absolute atomic E-state index is 0.102. The van der Waals surface area contributed by atoms with Crippen molar-refractivity contribution >= 4 is 29.1 Å². The Morgan fingerprint density at radius 3 is 2.52 bits per heavy atom.